The van der Waals surface area contributed by atoms with Crippen molar-refractivity contribution in [2.45, 2.75) is 32.7 Å². The van der Waals surface area contributed by atoms with E-state index in [1.807, 2.05) is 44.2 Å². The normalized spacial score (nSPS) is 12.4. The number of ketones is 1. The summed E-state index contributed by atoms with van der Waals surface area (Å²) in [6.07, 6.45) is 0.752. The zero-order valence-electron chi connectivity index (χ0n) is 11.2. The van der Waals surface area contributed by atoms with Gasteiger partial charge in [-0.2, -0.15) is 0 Å². The number of rotatable bonds is 5. The highest BCUT2D eigenvalue weighted by Crippen LogP contribution is 2.19. The Kier molecular flexibility index (Phi) is 4.45. The van der Waals surface area contributed by atoms with Gasteiger partial charge in [-0.3, -0.25) is 4.79 Å². The first-order chi connectivity index (χ1) is 9.06. The Morgan fingerprint density at radius 3 is 2.58 bits per heavy atom. The van der Waals surface area contributed by atoms with Gasteiger partial charge in [0.25, 0.3) is 0 Å². The molecule has 0 aliphatic rings. The highest BCUT2D eigenvalue weighted by Gasteiger charge is 2.14. The summed E-state index contributed by atoms with van der Waals surface area (Å²) in [5, 5.41) is 0.889. The number of hydrogen-bond donors (Lipinski definition) is 1. The van der Waals surface area contributed by atoms with E-state index in [1.165, 1.54) is 4.88 Å². The number of thiazole rings is 1. The second kappa shape index (κ2) is 6.08. The smallest absolute Gasteiger partial charge is 0.141 e. The number of aromatic nitrogens is 1. The summed E-state index contributed by atoms with van der Waals surface area (Å²) in [7, 11) is 0. The lowest BCUT2D eigenvalue weighted by molar-refractivity contribution is -0.118. The number of Topliss-reactive ketones (excluding diaryl/α,β-unsaturated/α-hetero) is 1. The number of hydrogen-bond acceptors (Lipinski definition) is 4. The first kappa shape index (κ1) is 13.9. The van der Waals surface area contributed by atoms with Crippen LogP contribution in [0.25, 0.3) is 0 Å². The van der Waals surface area contributed by atoms with Crippen molar-refractivity contribution in [3.05, 3.63) is 51.5 Å². The summed E-state index contributed by atoms with van der Waals surface area (Å²) >= 11 is 1.59. The van der Waals surface area contributed by atoms with Gasteiger partial charge in [0, 0.05) is 17.3 Å². The van der Waals surface area contributed by atoms with Gasteiger partial charge >= 0.3 is 0 Å². The summed E-state index contributed by atoms with van der Waals surface area (Å²) in [6, 6.07) is 9.50. The van der Waals surface area contributed by atoms with Gasteiger partial charge in [0.05, 0.1) is 12.1 Å². The van der Waals surface area contributed by atoms with Crippen LogP contribution in [0, 0.1) is 13.8 Å². The fourth-order valence-electron chi connectivity index (χ4n) is 1.92. The van der Waals surface area contributed by atoms with Crippen LogP contribution < -0.4 is 5.73 Å². The molecule has 1 heterocycles. The Morgan fingerprint density at radius 2 is 2.00 bits per heavy atom. The van der Waals surface area contributed by atoms with Crippen LogP contribution in [-0.2, 0) is 11.2 Å². The van der Waals surface area contributed by atoms with Crippen LogP contribution in [0.1, 0.15) is 33.6 Å². The molecule has 2 rings (SSSR count). The zero-order valence-corrected chi connectivity index (χ0v) is 12.0. The Labute approximate surface area is 117 Å². The third-order valence-electron chi connectivity index (χ3n) is 3.10. The monoisotopic (exact) mass is 274 g/mol. The fraction of sp³-hybridized carbons (Fsp3) is 0.333. The van der Waals surface area contributed by atoms with Crippen molar-refractivity contribution < 1.29 is 4.79 Å². The van der Waals surface area contributed by atoms with Gasteiger partial charge in [-0.05, 0) is 19.4 Å². The first-order valence-electron chi connectivity index (χ1n) is 6.31. The summed E-state index contributed by atoms with van der Waals surface area (Å²) in [5.41, 5.74) is 8.06. The van der Waals surface area contributed by atoms with Crippen molar-refractivity contribution >= 4 is 17.1 Å². The van der Waals surface area contributed by atoms with Crippen molar-refractivity contribution in [2.24, 2.45) is 5.73 Å². The summed E-state index contributed by atoms with van der Waals surface area (Å²) in [4.78, 5) is 17.6. The van der Waals surface area contributed by atoms with E-state index >= 15 is 0 Å². The maximum absolute atomic E-state index is 12.0. The molecule has 1 atom stereocenters. The third-order valence-corrected chi connectivity index (χ3v) is 4.17. The largest absolute Gasteiger partial charge is 0.324 e. The maximum atomic E-state index is 12.0. The number of nitrogens with two attached hydrogens (primary N) is 1. The lowest BCUT2D eigenvalue weighted by atomic mass is 10.0. The van der Waals surface area contributed by atoms with Crippen LogP contribution >= 0.6 is 11.3 Å². The summed E-state index contributed by atoms with van der Waals surface area (Å²) < 4.78 is 0. The molecule has 19 heavy (non-hydrogen) atoms. The highest BCUT2D eigenvalue weighted by molar-refractivity contribution is 7.11. The Bertz CT molecular complexity index is 543. The second-order valence-corrected chi connectivity index (χ2v) is 5.97. The molecule has 1 unspecified atom stereocenters. The molecule has 1 aromatic carbocycles. The topological polar surface area (TPSA) is 56.0 Å². The van der Waals surface area contributed by atoms with E-state index in [4.69, 9.17) is 5.73 Å². The molecule has 0 amide bonds. The molecule has 0 radical (unpaired) electrons. The van der Waals surface area contributed by atoms with E-state index in [9.17, 15) is 4.79 Å². The fourth-order valence-corrected chi connectivity index (χ4v) is 2.88. The van der Waals surface area contributed by atoms with Gasteiger partial charge in [-0.1, -0.05) is 30.3 Å². The molecule has 0 bridgehead atoms. The molecule has 4 heteroatoms. The Hall–Kier alpha value is -1.52. The van der Waals surface area contributed by atoms with Crippen LogP contribution in [0.3, 0.4) is 0 Å². The minimum Gasteiger partial charge on any atom is -0.324 e. The molecular formula is C15H18N2OS. The van der Waals surface area contributed by atoms with Crippen molar-refractivity contribution in [2.75, 3.05) is 0 Å². The molecule has 3 nitrogen and oxygen atoms in total. The van der Waals surface area contributed by atoms with Gasteiger partial charge in [-0.15, -0.1) is 11.3 Å². The minimum atomic E-state index is -0.226. The lowest BCUT2D eigenvalue weighted by Crippen LogP contribution is -2.16. The number of carbonyl (C=O) groups is 1. The third kappa shape index (κ3) is 3.72. The molecule has 100 valence electrons. The molecule has 0 aliphatic heterocycles. The molecular weight excluding hydrogens is 256 g/mol. The van der Waals surface area contributed by atoms with Crippen molar-refractivity contribution in [1.29, 1.82) is 0 Å². The van der Waals surface area contributed by atoms with Crippen LogP contribution in [0.2, 0.25) is 0 Å². The minimum absolute atomic E-state index is 0.144. The second-order valence-electron chi connectivity index (χ2n) is 4.69. The van der Waals surface area contributed by atoms with Crippen LogP contribution in [0.4, 0.5) is 0 Å². The van der Waals surface area contributed by atoms with Crippen LogP contribution in [0.5, 0.6) is 0 Å². The van der Waals surface area contributed by atoms with Gasteiger partial charge in [0.15, 0.2) is 0 Å². The van der Waals surface area contributed by atoms with Crippen LogP contribution in [0.15, 0.2) is 30.3 Å². The summed E-state index contributed by atoms with van der Waals surface area (Å²) in [6.45, 7) is 3.99. The zero-order chi connectivity index (χ0) is 13.8. The Morgan fingerprint density at radius 1 is 1.32 bits per heavy atom. The van der Waals surface area contributed by atoms with E-state index < -0.39 is 0 Å². The highest BCUT2D eigenvalue weighted by atomic mass is 32.1. The van der Waals surface area contributed by atoms with Crippen molar-refractivity contribution in [3.8, 4) is 0 Å². The molecule has 2 aromatic rings. The quantitative estimate of drug-likeness (QED) is 0.912. The van der Waals surface area contributed by atoms with E-state index in [0.29, 0.717) is 12.8 Å². The number of carbonyl (C=O) groups excluding carboxylic acids is 1. The molecule has 0 fully saturated rings. The molecule has 2 N–H and O–H groups in total. The van der Waals surface area contributed by atoms with Gasteiger partial charge in [0.2, 0.25) is 0 Å². The average Bonchev–Trinajstić information content (AvgIpc) is 2.69. The molecule has 1 aromatic heterocycles. The van der Waals surface area contributed by atoms with E-state index in [2.05, 4.69) is 4.98 Å². The van der Waals surface area contributed by atoms with Gasteiger partial charge in [-0.25, -0.2) is 4.98 Å². The lowest BCUT2D eigenvalue weighted by Gasteiger charge is -2.10. The van der Waals surface area contributed by atoms with Crippen LogP contribution in [-0.4, -0.2) is 10.8 Å². The van der Waals surface area contributed by atoms with Crippen molar-refractivity contribution in [1.82, 2.24) is 4.98 Å². The maximum Gasteiger partial charge on any atom is 0.141 e. The van der Waals surface area contributed by atoms with E-state index in [0.717, 1.165) is 16.3 Å². The predicted octanol–water partition coefficient (Wildman–Crippen LogP) is 2.96. The SMILES string of the molecule is Cc1nc(CC(=O)CC(N)c2ccccc2)sc1C. The molecule has 0 saturated carbocycles. The number of benzene rings is 1. The molecule has 0 spiro atoms. The molecule has 0 aliphatic carbocycles. The summed E-state index contributed by atoms with van der Waals surface area (Å²) in [5.74, 6) is 0.144. The first-order valence-corrected chi connectivity index (χ1v) is 7.13. The predicted molar refractivity (Wildman–Crippen MR) is 78.3 cm³/mol. The van der Waals surface area contributed by atoms with E-state index in [1.54, 1.807) is 11.3 Å². The molecule has 0 saturated heterocycles. The average molecular weight is 274 g/mol. The Balaban J connectivity index is 1.94. The van der Waals surface area contributed by atoms with Crippen molar-refractivity contribution in [3.63, 3.8) is 0 Å². The van der Waals surface area contributed by atoms with Gasteiger partial charge < -0.3 is 5.73 Å². The number of nitrogens with zero attached hydrogens (tertiary/aromatic N) is 1. The van der Waals surface area contributed by atoms with E-state index in [-0.39, 0.29) is 11.8 Å². The standard InChI is InChI=1S/C15H18N2OS/c1-10-11(2)19-15(17-10)9-13(18)8-14(16)12-6-4-3-5-7-12/h3-7,14H,8-9,16H2,1-2H3. The number of aryl methyl sites for hydroxylation is 2. The van der Waals surface area contributed by atoms with Gasteiger partial charge in [0.1, 0.15) is 10.8 Å².